The zero-order chi connectivity index (χ0) is 41.7. The van der Waals surface area contributed by atoms with Crippen LogP contribution in [-0.2, 0) is 14.3 Å². The van der Waals surface area contributed by atoms with Gasteiger partial charge in [0.25, 0.3) is 0 Å². The van der Waals surface area contributed by atoms with Gasteiger partial charge in [-0.15, -0.1) is 0 Å². The van der Waals surface area contributed by atoms with E-state index in [4.69, 9.17) is 4.74 Å². The van der Waals surface area contributed by atoms with Crippen molar-refractivity contribution in [3.8, 4) is 0 Å². The fourth-order valence-corrected chi connectivity index (χ4v) is 8.26. The van der Waals surface area contributed by atoms with Crippen LogP contribution in [0.3, 0.4) is 0 Å². The van der Waals surface area contributed by atoms with Crippen LogP contribution in [0.1, 0.15) is 290 Å². The van der Waals surface area contributed by atoms with Crippen LogP contribution < -0.4 is 5.32 Å². The highest BCUT2D eigenvalue weighted by Gasteiger charge is 2.24. The lowest BCUT2D eigenvalue weighted by atomic mass is 10.0. The number of amides is 1. The molecule has 0 aromatic heterocycles. The number of hydrogen-bond donors (Lipinski definition) is 3. The standard InChI is InChI=1S/C51H101NO5/c1-4-7-10-13-16-19-21-23-24-25-26-27-28-31-34-37-40-43-49(54)48(46-53)52-50(55)45-47(42-39-36-33-30-18-15-12-9-6-3)57-51(56)44-41-38-35-32-29-22-20-17-14-11-8-5-2/h47-49,53-54H,4-46H2,1-3H3,(H,52,55). The molecule has 3 N–H and O–H groups in total. The Hall–Kier alpha value is -1.14. The highest BCUT2D eigenvalue weighted by molar-refractivity contribution is 5.77. The van der Waals surface area contributed by atoms with E-state index in [1.807, 2.05) is 0 Å². The fraction of sp³-hybridized carbons (Fsp3) is 0.961. The van der Waals surface area contributed by atoms with Crippen LogP contribution in [0.25, 0.3) is 0 Å². The van der Waals surface area contributed by atoms with E-state index in [1.54, 1.807) is 0 Å². The van der Waals surface area contributed by atoms with Gasteiger partial charge in [-0.05, 0) is 25.7 Å². The second kappa shape index (κ2) is 45.9. The Morgan fingerprint density at radius 3 is 1.07 bits per heavy atom. The summed E-state index contributed by atoms with van der Waals surface area (Å²) >= 11 is 0. The monoisotopic (exact) mass is 808 g/mol. The number of ether oxygens (including phenoxy) is 1. The number of hydrogen-bond acceptors (Lipinski definition) is 5. The van der Waals surface area contributed by atoms with Gasteiger partial charge >= 0.3 is 5.97 Å². The van der Waals surface area contributed by atoms with Crippen LogP contribution in [0, 0.1) is 0 Å². The minimum absolute atomic E-state index is 0.0869. The van der Waals surface area contributed by atoms with Crippen molar-refractivity contribution in [2.75, 3.05) is 6.61 Å². The molecule has 0 saturated heterocycles. The van der Waals surface area contributed by atoms with Gasteiger partial charge in [0, 0.05) is 6.42 Å². The molecule has 3 unspecified atom stereocenters. The molecule has 0 fully saturated rings. The molecule has 6 heteroatoms. The third-order valence-electron chi connectivity index (χ3n) is 12.2. The molecule has 0 aliphatic heterocycles. The molecule has 0 aliphatic carbocycles. The zero-order valence-electron chi connectivity index (χ0n) is 38.8. The van der Waals surface area contributed by atoms with Crippen molar-refractivity contribution in [3.63, 3.8) is 0 Å². The molecule has 0 heterocycles. The van der Waals surface area contributed by atoms with Gasteiger partial charge in [-0.25, -0.2) is 0 Å². The molecule has 3 atom stereocenters. The average molecular weight is 808 g/mol. The second-order valence-corrected chi connectivity index (χ2v) is 17.9. The number of rotatable bonds is 47. The molecule has 0 radical (unpaired) electrons. The van der Waals surface area contributed by atoms with E-state index in [-0.39, 0.29) is 24.9 Å². The number of unbranched alkanes of at least 4 members (excludes halogenated alkanes) is 35. The predicted octanol–water partition coefficient (Wildman–Crippen LogP) is 15.2. The summed E-state index contributed by atoms with van der Waals surface area (Å²) in [4.78, 5) is 26.0. The fourth-order valence-electron chi connectivity index (χ4n) is 8.26. The van der Waals surface area contributed by atoms with Gasteiger partial charge in [-0.3, -0.25) is 9.59 Å². The first-order valence-corrected chi connectivity index (χ1v) is 25.8. The Bertz CT molecular complexity index is 821. The summed E-state index contributed by atoms with van der Waals surface area (Å²) in [7, 11) is 0. The van der Waals surface area contributed by atoms with E-state index in [1.165, 1.54) is 199 Å². The normalized spacial score (nSPS) is 13.1. The van der Waals surface area contributed by atoms with E-state index in [2.05, 4.69) is 26.1 Å². The molecule has 1 amide bonds. The summed E-state index contributed by atoms with van der Waals surface area (Å²) in [5, 5.41) is 23.8. The summed E-state index contributed by atoms with van der Waals surface area (Å²) in [6.07, 6.45) is 48.8. The topological polar surface area (TPSA) is 95.9 Å². The van der Waals surface area contributed by atoms with E-state index < -0.39 is 18.2 Å². The Morgan fingerprint density at radius 1 is 0.439 bits per heavy atom. The predicted molar refractivity (Wildman–Crippen MR) is 246 cm³/mol. The molecule has 6 nitrogen and oxygen atoms in total. The molecule has 340 valence electrons. The third kappa shape index (κ3) is 41.4. The number of aliphatic hydroxyl groups is 2. The highest BCUT2D eigenvalue weighted by atomic mass is 16.5. The van der Waals surface area contributed by atoms with Crippen LogP contribution in [0.5, 0.6) is 0 Å². The SMILES string of the molecule is CCCCCCCCCCCCCCCCCCCC(O)C(CO)NC(=O)CC(CCCCCCCCCCC)OC(=O)CCCCCCCCCCCCCC. The molecule has 0 rings (SSSR count). The van der Waals surface area contributed by atoms with Gasteiger partial charge in [0.1, 0.15) is 6.10 Å². The second-order valence-electron chi connectivity index (χ2n) is 17.9. The minimum Gasteiger partial charge on any atom is -0.462 e. The Kier molecular flexibility index (Phi) is 45.0. The lowest BCUT2D eigenvalue weighted by Crippen LogP contribution is -2.46. The largest absolute Gasteiger partial charge is 0.462 e. The van der Waals surface area contributed by atoms with Crippen molar-refractivity contribution in [1.82, 2.24) is 5.32 Å². The first-order chi connectivity index (χ1) is 28.0. The number of carbonyl (C=O) groups is 2. The summed E-state index contributed by atoms with van der Waals surface area (Å²) in [5.74, 6) is -0.456. The van der Waals surface area contributed by atoms with Crippen molar-refractivity contribution < 1.29 is 24.5 Å². The van der Waals surface area contributed by atoms with Crippen LogP contribution in [-0.4, -0.2) is 46.9 Å². The van der Waals surface area contributed by atoms with Crippen LogP contribution in [0.15, 0.2) is 0 Å². The average Bonchev–Trinajstić information content (AvgIpc) is 3.20. The first kappa shape index (κ1) is 55.9. The number of nitrogens with one attached hydrogen (secondary N) is 1. The van der Waals surface area contributed by atoms with Gasteiger partial charge in [0.2, 0.25) is 5.91 Å². The minimum atomic E-state index is -0.778. The maximum atomic E-state index is 13.2. The van der Waals surface area contributed by atoms with Crippen molar-refractivity contribution in [3.05, 3.63) is 0 Å². The van der Waals surface area contributed by atoms with Crippen molar-refractivity contribution in [2.45, 2.75) is 309 Å². The molecule has 0 spiro atoms. The molecular formula is C51H101NO5. The van der Waals surface area contributed by atoms with Crippen molar-refractivity contribution in [1.29, 1.82) is 0 Å². The number of carbonyl (C=O) groups excluding carboxylic acids is 2. The van der Waals surface area contributed by atoms with Crippen molar-refractivity contribution in [2.24, 2.45) is 0 Å². The molecule has 0 aliphatic rings. The van der Waals surface area contributed by atoms with E-state index >= 15 is 0 Å². The maximum Gasteiger partial charge on any atom is 0.306 e. The lowest BCUT2D eigenvalue weighted by Gasteiger charge is -2.24. The smallest absolute Gasteiger partial charge is 0.306 e. The zero-order valence-corrected chi connectivity index (χ0v) is 38.8. The molecule has 0 aromatic carbocycles. The molecular weight excluding hydrogens is 707 g/mol. The van der Waals surface area contributed by atoms with Gasteiger partial charge in [0.15, 0.2) is 0 Å². The number of aliphatic hydroxyl groups excluding tert-OH is 2. The first-order valence-electron chi connectivity index (χ1n) is 25.8. The van der Waals surface area contributed by atoms with E-state index in [0.29, 0.717) is 19.3 Å². The van der Waals surface area contributed by atoms with Gasteiger partial charge in [-0.1, -0.05) is 252 Å². The quantitative estimate of drug-likeness (QED) is 0.0420. The van der Waals surface area contributed by atoms with Gasteiger partial charge < -0.3 is 20.3 Å². The Labute approximate surface area is 356 Å². The van der Waals surface area contributed by atoms with Crippen LogP contribution in [0.2, 0.25) is 0 Å². The number of esters is 1. The molecule has 0 aromatic rings. The van der Waals surface area contributed by atoms with Crippen LogP contribution in [0.4, 0.5) is 0 Å². The molecule has 0 bridgehead atoms. The summed E-state index contributed by atoms with van der Waals surface area (Å²) in [6.45, 7) is 6.49. The lowest BCUT2D eigenvalue weighted by molar-refractivity contribution is -0.151. The van der Waals surface area contributed by atoms with Crippen molar-refractivity contribution >= 4 is 11.9 Å². The van der Waals surface area contributed by atoms with E-state index in [0.717, 1.165) is 44.9 Å². The Balaban J connectivity index is 4.37. The van der Waals surface area contributed by atoms with Gasteiger partial charge in [-0.2, -0.15) is 0 Å². The molecule has 57 heavy (non-hydrogen) atoms. The van der Waals surface area contributed by atoms with Crippen LogP contribution >= 0.6 is 0 Å². The summed E-state index contributed by atoms with van der Waals surface area (Å²) < 4.78 is 5.91. The third-order valence-corrected chi connectivity index (χ3v) is 12.2. The van der Waals surface area contributed by atoms with E-state index in [9.17, 15) is 19.8 Å². The van der Waals surface area contributed by atoms with Gasteiger partial charge in [0.05, 0.1) is 25.2 Å². The summed E-state index contributed by atoms with van der Waals surface area (Å²) in [6, 6.07) is -0.691. The summed E-state index contributed by atoms with van der Waals surface area (Å²) in [5.41, 5.74) is 0. The Morgan fingerprint density at radius 2 is 0.737 bits per heavy atom. The highest BCUT2D eigenvalue weighted by Crippen LogP contribution is 2.19. The maximum absolute atomic E-state index is 13.2. The molecule has 0 saturated carbocycles.